The first kappa shape index (κ1) is 18.2. The van der Waals surface area contributed by atoms with Gasteiger partial charge in [-0.1, -0.05) is 36.0 Å². The Bertz CT molecular complexity index is 1080. The highest BCUT2D eigenvalue weighted by molar-refractivity contribution is 7.99. The van der Waals surface area contributed by atoms with Crippen molar-refractivity contribution in [1.82, 2.24) is 30.4 Å². The van der Waals surface area contributed by atoms with Crippen LogP contribution in [0.1, 0.15) is 23.6 Å². The van der Waals surface area contributed by atoms with E-state index in [0.717, 1.165) is 16.8 Å². The second kappa shape index (κ2) is 7.81. The zero-order valence-corrected chi connectivity index (χ0v) is 16.4. The van der Waals surface area contributed by atoms with Crippen molar-refractivity contribution in [3.05, 3.63) is 60.0 Å². The van der Waals surface area contributed by atoms with Crippen LogP contribution >= 0.6 is 11.8 Å². The molecular weight excluding hydrogens is 376 g/mol. The molecule has 28 heavy (non-hydrogen) atoms. The van der Waals surface area contributed by atoms with E-state index in [9.17, 15) is 0 Å². The Labute approximate surface area is 165 Å². The van der Waals surface area contributed by atoms with Crippen LogP contribution in [0.4, 0.5) is 0 Å². The van der Waals surface area contributed by atoms with Crippen molar-refractivity contribution < 1.29 is 9.15 Å². The molecule has 4 rings (SSSR count). The van der Waals surface area contributed by atoms with E-state index in [-0.39, 0.29) is 5.25 Å². The van der Waals surface area contributed by atoms with Crippen LogP contribution in [-0.2, 0) is 0 Å². The Balaban J connectivity index is 1.59. The molecule has 4 aromatic rings. The van der Waals surface area contributed by atoms with E-state index in [1.165, 1.54) is 11.8 Å². The second-order valence-corrected chi connectivity index (χ2v) is 7.43. The minimum atomic E-state index is -0.134. The molecule has 0 aliphatic heterocycles. The first-order valence-electron chi connectivity index (χ1n) is 8.64. The van der Waals surface area contributed by atoms with Gasteiger partial charge in [0.05, 0.1) is 12.4 Å². The third kappa shape index (κ3) is 3.61. The van der Waals surface area contributed by atoms with Gasteiger partial charge in [0, 0.05) is 5.56 Å². The van der Waals surface area contributed by atoms with Gasteiger partial charge in [-0.15, -0.1) is 15.3 Å². The summed E-state index contributed by atoms with van der Waals surface area (Å²) in [6.07, 6.45) is 0. The van der Waals surface area contributed by atoms with Crippen molar-refractivity contribution in [1.29, 1.82) is 0 Å². The van der Waals surface area contributed by atoms with E-state index in [4.69, 9.17) is 9.15 Å². The summed E-state index contributed by atoms with van der Waals surface area (Å²) >= 11 is 1.43. The molecule has 1 atom stereocenters. The lowest BCUT2D eigenvalue weighted by molar-refractivity contribution is 0.410. The van der Waals surface area contributed by atoms with E-state index >= 15 is 0 Å². The molecule has 0 saturated carbocycles. The first-order chi connectivity index (χ1) is 13.7. The summed E-state index contributed by atoms with van der Waals surface area (Å²) in [6, 6.07) is 15.5. The molecule has 8 nitrogen and oxygen atoms in total. The molecule has 0 fully saturated rings. The molecule has 2 aromatic carbocycles. The first-order valence-corrected chi connectivity index (χ1v) is 9.52. The molecule has 0 radical (unpaired) electrons. The van der Waals surface area contributed by atoms with Gasteiger partial charge < -0.3 is 9.15 Å². The maximum Gasteiger partial charge on any atom is 0.247 e. The summed E-state index contributed by atoms with van der Waals surface area (Å²) in [7, 11) is 1.62. The molecule has 9 heteroatoms. The minimum Gasteiger partial charge on any atom is -0.494 e. The fourth-order valence-electron chi connectivity index (χ4n) is 2.67. The SMILES string of the molecule is COc1ccc(C)cc1-n1nnnc1S[C@@H](C)c1nnc(-c2ccccc2)o1. The van der Waals surface area contributed by atoms with Gasteiger partial charge in [-0.25, -0.2) is 0 Å². The van der Waals surface area contributed by atoms with E-state index in [1.54, 1.807) is 11.8 Å². The van der Waals surface area contributed by atoms with Gasteiger partial charge in [0.15, 0.2) is 0 Å². The molecular formula is C19H18N6O2S. The number of hydrogen-bond donors (Lipinski definition) is 0. The van der Waals surface area contributed by atoms with Crippen LogP contribution in [0.3, 0.4) is 0 Å². The number of aromatic nitrogens is 6. The van der Waals surface area contributed by atoms with Gasteiger partial charge in [-0.3, -0.25) is 0 Å². The predicted octanol–water partition coefficient (Wildman–Crippen LogP) is 3.88. The summed E-state index contributed by atoms with van der Waals surface area (Å²) in [4.78, 5) is 0. The Hall–Kier alpha value is -3.20. The zero-order valence-electron chi connectivity index (χ0n) is 15.6. The van der Waals surface area contributed by atoms with Gasteiger partial charge in [0.2, 0.25) is 16.9 Å². The number of hydrogen-bond acceptors (Lipinski definition) is 8. The Morgan fingerprint density at radius 1 is 1.07 bits per heavy atom. The fraction of sp³-hybridized carbons (Fsp3) is 0.211. The molecule has 0 saturated heterocycles. The monoisotopic (exact) mass is 394 g/mol. The molecule has 0 aliphatic carbocycles. The summed E-state index contributed by atoms with van der Waals surface area (Å²) in [5.41, 5.74) is 2.74. The number of ether oxygens (including phenoxy) is 1. The molecule has 0 bridgehead atoms. The normalized spacial score (nSPS) is 12.1. The number of benzene rings is 2. The van der Waals surface area contributed by atoms with Crippen molar-refractivity contribution in [2.75, 3.05) is 7.11 Å². The maximum atomic E-state index is 5.84. The fourth-order valence-corrected chi connectivity index (χ4v) is 3.50. The van der Waals surface area contributed by atoms with Crippen molar-refractivity contribution >= 4 is 11.8 Å². The topological polar surface area (TPSA) is 91.8 Å². The molecule has 0 unspecified atom stereocenters. The summed E-state index contributed by atoms with van der Waals surface area (Å²) in [5.74, 6) is 1.69. The third-order valence-corrected chi connectivity index (χ3v) is 5.12. The smallest absolute Gasteiger partial charge is 0.247 e. The number of tetrazole rings is 1. The van der Waals surface area contributed by atoms with Crippen LogP contribution in [0.5, 0.6) is 5.75 Å². The Morgan fingerprint density at radius 3 is 2.68 bits per heavy atom. The summed E-state index contributed by atoms with van der Waals surface area (Å²) in [6.45, 7) is 3.98. The van der Waals surface area contributed by atoms with E-state index in [2.05, 4.69) is 25.7 Å². The van der Waals surface area contributed by atoms with E-state index < -0.39 is 0 Å². The molecule has 2 heterocycles. The van der Waals surface area contributed by atoms with E-state index in [1.807, 2.05) is 62.4 Å². The maximum absolute atomic E-state index is 5.84. The number of rotatable bonds is 6. The molecule has 2 aromatic heterocycles. The highest BCUT2D eigenvalue weighted by atomic mass is 32.2. The average Bonchev–Trinajstić information content (AvgIpc) is 3.38. The second-order valence-electron chi connectivity index (χ2n) is 6.12. The van der Waals surface area contributed by atoms with Crippen LogP contribution in [0.25, 0.3) is 17.1 Å². The molecule has 0 spiro atoms. The van der Waals surface area contributed by atoms with Gasteiger partial charge >= 0.3 is 0 Å². The lowest BCUT2D eigenvalue weighted by atomic mass is 10.2. The minimum absolute atomic E-state index is 0.134. The Kier molecular flexibility index (Phi) is 5.07. The van der Waals surface area contributed by atoms with Crippen molar-refractivity contribution in [2.24, 2.45) is 0 Å². The lowest BCUT2D eigenvalue weighted by Gasteiger charge is -2.11. The van der Waals surface area contributed by atoms with Crippen molar-refractivity contribution in [2.45, 2.75) is 24.3 Å². The zero-order chi connectivity index (χ0) is 19.5. The van der Waals surface area contributed by atoms with Crippen LogP contribution < -0.4 is 4.74 Å². The molecule has 0 amide bonds. The highest BCUT2D eigenvalue weighted by Crippen LogP contribution is 2.35. The predicted molar refractivity (Wildman–Crippen MR) is 104 cm³/mol. The van der Waals surface area contributed by atoms with Gasteiger partial charge in [-0.2, -0.15) is 4.68 Å². The quantitative estimate of drug-likeness (QED) is 0.455. The van der Waals surface area contributed by atoms with Crippen LogP contribution in [-0.4, -0.2) is 37.5 Å². The number of thioether (sulfide) groups is 1. The lowest BCUT2D eigenvalue weighted by Crippen LogP contribution is -2.03. The molecule has 0 aliphatic rings. The molecule has 142 valence electrons. The van der Waals surface area contributed by atoms with Gasteiger partial charge in [0.25, 0.3) is 0 Å². The number of methoxy groups -OCH3 is 1. The van der Waals surface area contributed by atoms with Crippen molar-refractivity contribution in [3.63, 3.8) is 0 Å². The highest BCUT2D eigenvalue weighted by Gasteiger charge is 2.21. The number of nitrogens with zero attached hydrogens (tertiary/aromatic N) is 6. The van der Waals surface area contributed by atoms with Crippen LogP contribution in [0.2, 0.25) is 0 Å². The van der Waals surface area contributed by atoms with Gasteiger partial charge in [0.1, 0.15) is 11.4 Å². The standard InChI is InChI=1S/C19H18N6O2S/c1-12-9-10-16(26-3)15(11-12)25-19(22-23-24-25)28-13(2)17-20-21-18(27-17)14-7-5-4-6-8-14/h4-11,13H,1-3H3/t13-/m0/s1. The number of aryl methyl sites for hydroxylation is 1. The van der Waals surface area contributed by atoms with Crippen LogP contribution in [0, 0.1) is 6.92 Å². The Morgan fingerprint density at radius 2 is 1.89 bits per heavy atom. The molecule has 0 N–H and O–H groups in total. The van der Waals surface area contributed by atoms with E-state index in [0.29, 0.717) is 22.7 Å². The van der Waals surface area contributed by atoms with Gasteiger partial charge in [-0.05, 0) is 54.1 Å². The summed E-state index contributed by atoms with van der Waals surface area (Å²) in [5, 5.41) is 20.9. The third-order valence-electron chi connectivity index (χ3n) is 4.09. The van der Waals surface area contributed by atoms with Crippen molar-refractivity contribution in [3.8, 4) is 22.9 Å². The van der Waals surface area contributed by atoms with Crippen LogP contribution in [0.15, 0.2) is 58.1 Å². The average molecular weight is 394 g/mol. The summed E-state index contributed by atoms with van der Waals surface area (Å²) < 4.78 is 13.0. The largest absolute Gasteiger partial charge is 0.494 e.